The fourth-order valence-corrected chi connectivity index (χ4v) is 2.27. The van der Waals surface area contributed by atoms with Crippen molar-refractivity contribution < 1.29 is 14.2 Å². The summed E-state index contributed by atoms with van der Waals surface area (Å²) in [6.07, 6.45) is 1.88. The quantitative estimate of drug-likeness (QED) is 0.809. The Balaban J connectivity index is 2.37. The van der Waals surface area contributed by atoms with Crippen molar-refractivity contribution in [3.05, 3.63) is 23.5 Å². The largest absolute Gasteiger partial charge is 0.507 e. The highest BCUT2D eigenvalue weighted by molar-refractivity contribution is 5.47. The molecule has 0 aliphatic carbocycles. The summed E-state index contributed by atoms with van der Waals surface area (Å²) < 4.78 is 18.2. The van der Waals surface area contributed by atoms with E-state index in [1.54, 1.807) is 0 Å². The first-order valence-corrected chi connectivity index (χ1v) is 5.49. The van der Waals surface area contributed by atoms with Crippen molar-refractivity contribution >= 4 is 0 Å². The average molecular weight is 225 g/mol. The maximum atomic E-state index is 13.1. The van der Waals surface area contributed by atoms with Crippen LogP contribution in [0.25, 0.3) is 0 Å². The smallest absolute Gasteiger partial charge is 0.130 e. The van der Waals surface area contributed by atoms with E-state index in [4.69, 9.17) is 4.74 Å². The number of hydrogen-bond donors (Lipinski definition) is 2. The highest BCUT2D eigenvalue weighted by Gasteiger charge is 2.23. The molecule has 16 heavy (non-hydrogen) atoms. The van der Waals surface area contributed by atoms with Crippen molar-refractivity contribution in [1.82, 2.24) is 5.32 Å². The zero-order valence-corrected chi connectivity index (χ0v) is 9.29. The molecule has 1 saturated heterocycles. The van der Waals surface area contributed by atoms with E-state index in [0.717, 1.165) is 37.6 Å². The minimum atomic E-state index is -0.466. The van der Waals surface area contributed by atoms with Crippen LogP contribution in [0.15, 0.2) is 12.1 Å². The average Bonchev–Trinajstić information content (AvgIpc) is 2.29. The van der Waals surface area contributed by atoms with Gasteiger partial charge in [0.25, 0.3) is 0 Å². The lowest BCUT2D eigenvalue weighted by molar-refractivity contribution is 0.371. The molecular weight excluding hydrogens is 209 g/mol. The van der Waals surface area contributed by atoms with Gasteiger partial charge in [-0.1, -0.05) is 0 Å². The van der Waals surface area contributed by atoms with Gasteiger partial charge in [-0.25, -0.2) is 4.39 Å². The summed E-state index contributed by atoms with van der Waals surface area (Å²) in [4.78, 5) is 0. The van der Waals surface area contributed by atoms with Gasteiger partial charge in [0.2, 0.25) is 0 Å². The van der Waals surface area contributed by atoms with Gasteiger partial charge in [-0.2, -0.15) is 0 Å². The van der Waals surface area contributed by atoms with Crippen LogP contribution in [0, 0.1) is 5.82 Å². The fourth-order valence-electron chi connectivity index (χ4n) is 2.27. The molecule has 0 aromatic heterocycles. The highest BCUT2D eigenvalue weighted by atomic mass is 19.1. The Hall–Kier alpha value is -1.29. The van der Waals surface area contributed by atoms with Gasteiger partial charge < -0.3 is 15.2 Å². The predicted molar refractivity (Wildman–Crippen MR) is 59.5 cm³/mol. The first kappa shape index (κ1) is 11.2. The number of phenolic OH excluding ortho intramolecular Hbond substituents is 1. The Bertz CT molecular complexity index is 376. The van der Waals surface area contributed by atoms with Crippen LogP contribution in [-0.2, 0) is 0 Å². The van der Waals surface area contributed by atoms with Crippen molar-refractivity contribution in [3.8, 4) is 11.5 Å². The highest BCUT2D eigenvalue weighted by Crippen LogP contribution is 2.39. The molecule has 1 aliphatic rings. The first-order chi connectivity index (χ1) is 7.72. The molecule has 0 radical (unpaired) electrons. The standard InChI is InChI=1S/C12H16FNO2/c1-16-11-7-9(13)6-10(15)12(11)8-2-4-14-5-3-8/h6-8,14-15H,2-5H2,1H3. The molecule has 1 heterocycles. The monoisotopic (exact) mass is 225 g/mol. The lowest BCUT2D eigenvalue weighted by Gasteiger charge is -2.25. The van der Waals surface area contributed by atoms with E-state index in [9.17, 15) is 9.50 Å². The minimum absolute atomic E-state index is 0.00347. The Morgan fingerprint density at radius 1 is 1.38 bits per heavy atom. The summed E-state index contributed by atoms with van der Waals surface area (Å²) in [5.74, 6) is 0.233. The number of halogens is 1. The molecular formula is C12H16FNO2. The molecule has 0 spiro atoms. The van der Waals surface area contributed by atoms with Crippen LogP contribution in [0.3, 0.4) is 0 Å². The summed E-state index contributed by atoms with van der Waals surface area (Å²) in [6.45, 7) is 1.84. The Kier molecular flexibility index (Phi) is 3.29. The van der Waals surface area contributed by atoms with Gasteiger partial charge in [0.1, 0.15) is 17.3 Å². The van der Waals surface area contributed by atoms with E-state index in [2.05, 4.69) is 5.32 Å². The van der Waals surface area contributed by atoms with Crippen molar-refractivity contribution in [2.45, 2.75) is 18.8 Å². The van der Waals surface area contributed by atoms with Crippen molar-refractivity contribution in [1.29, 1.82) is 0 Å². The molecule has 88 valence electrons. The molecule has 0 saturated carbocycles. The van der Waals surface area contributed by atoms with Gasteiger partial charge in [0, 0.05) is 17.7 Å². The van der Waals surface area contributed by atoms with Gasteiger partial charge in [-0.05, 0) is 31.8 Å². The summed E-state index contributed by atoms with van der Waals surface area (Å²) in [5, 5.41) is 13.1. The zero-order chi connectivity index (χ0) is 11.5. The summed E-state index contributed by atoms with van der Waals surface area (Å²) in [5.41, 5.74) is 0.741. The normalized spacial score (nSPS) is 17.4. The van der Waals surface area contributed by atoms with Crippen molar-refractivity contribution in [2.24, 2.45) is 0 Å². The number of benzene rings is 1. The molecule has 0 unspecified atom stereocenters. The number of nitrogens with one attached hydrogen (secondary N) is 1. The van der Waals surface area contributed by atoms with Crippen LogP contribution >= 0.6 is 0 Å². The molecule has 2 N–H and O–H groups in total. The molecule has 2 rings (SSSR count). The number of ether oxygens (including phenoxy) is 1. The first-order valence-electron chi connectivity index (χ1n) is 5.49. The predicted octanol–water partition coefficient (Wildman–Crippen LogP) is 2.01. The van der Waals surface area contributed by atoms with Gasteiger partial charge in [-0.3, -0.25) is 0 Å². The van der Waals surface area contributed by atoms with Gasteiger partial charge >= 0.3 is 0 Å². The summed E-state index contributed by atoms with van der Waals surface area (Å²) >= 11 is 0. The van der Waals surface area contributed by atoms with Crippen LogP contribution in [0.1, 0.15) is 24.3 Å². The van der Waals surface area contributed by atoms with Crippen LogP contribution in [0.5, 0.6) is 11.5 Å². The molecule has 0 bridgehead atoms. The lowest BCUT2D eigenvalue weighted by Crippen LogP contribution is -2.26. The Morgan fingerprint density at radius 3 is 2.69 bits per heavy atom. The lowest BCUT2D eigenvalue weighted by atomic mass is 9.89. The third kappa shape index (κ3) is 2.11. The molecule has 3 nitrogen and oxygen atoms in total. The zero-order valence-electron chi connectivity index (χ0n) is 9.29. The maximum Gasteiger partial charge on any atom is 0.130 e. The van der Waals surface area contributed by atoms with E-state index in [0.29, 0.717) is 5.75 Å². The molecule has 1 fully saturated rings. The van der Waals surface area contributed by atoms with E-state index in [1.807, 2.05) is 0 Å². The van der Waals surface area contributed by atoms with Crippen LogP contribution in [0.4, 0.5) is 4.39 Å². The number of methoxy groups -OCH3 is 1. The van der Waals surface area contributed by atoms with Gasteiger partial charge in [0.05, 0.1) is 7.11 Å². The van der Waals surface area contributed by atoms with E-state index in [1.165, 1.54) is 13.2 Å². The number of piperidine rings is 1. The van der Waals surface area contributed by atoms with Crippen LogP contribution in [-0.4, -0.2) is 25.3 Å². The van der Waals surface area contributed by atoms with E-state index in [-0.39, 0.29) is 11.7 Å². The maximum absolute atomic E-state index is 13.1. The molecule has 0 atom stereocenters. The topological polar surface area (TPSA) is 41.5 Å². The van der Waals surface area contributed by atoms with Gasteiger partial charge in [-0.15, -0.1) is 0 Å². The SMILES string of the molecule is COc1cc(F)cc(O)c1C1CCNCC1. The molecule has 0 amide bonds. The van der Waals surface area contributed by atoms with Crippen LogP contribution in [0.2, 0.25) is 0 Å². The minimum Gasteiger partial charge on any atom is -0.507 e. The third-order valence-electron chi connectivity index (χ3n) is 3.05. The third-order valence-corrected chi connectivity index (χ3v) is 3.05. The van der Waals surface area contributed by atoms with E-state index < -0.39 is 5.82 Å². The number of hydrogen-bond acceptors (Lipinski definition) is 3. The Labute approximate surface area is 94.2 Å². The number of phenols is 1. The summed E-state index contributed by atoms with van der Waals surface area (Å²) in [6, 6.07) is 2.48. The number of rotatable bonds is 2. The molecule has 4 heteroatoms. The number of aromatic hydroxyl groups is 1. The van der Waals surface area contributed by atoms with Crippen molar-refractivity contribution in [2.75, 3.05) is 20.2 Å². The molecule has 1 aromatic carbocycles. The second-order valence-electron chi connectivity index (χ2n) is 4.07. The fraction of sp³-hybridized carbons (Fsp3) is 0.500. The van der Waals surface area contributed by atoms with Gasteiger partial charge in [0.15, 0.2) is 0 Å². The second kappa shape index (κ2) is 4.70. The Morgan fingerprint density at radius 2 is 2.06 bits per heavy atom. The van der Waals surface area contributed by atoms with E-state index >= 15 is 0 Å². The molecule has 1 aliphatic heterocycles. The second-order valence-corrected chi connectivity index (χ2v) is 4.07. The molecule has 1 aromatic rings. The van der Waals surface area contributed by atoms with Crippen LogP contribution < -0.4 is 10.1 Å². The van der Waals surface area contributed by atoms with Crippen molar-refractivity contribution in [3.63, 3.8) is 0 Å². The summed E-state index contributed by atoms with van der Waals surface area (Å²) in [7, 11) is 1.50.